The highest BCUT2D eigenvalue weighted by atomic mass is 32.2. The molecule has 9 heteroatoms. The van der Waals surface area contributed by atoms with Gasteiger partial charge in [-0.3, -0.25) is 4.79 Å². The highest BCUT2D eigenvalue weighted by Crippen LogP contribution is 2.34. The van der Waals surface area contributed by atoms with Crippen LogP contribution in [0, 0.1) is 0 Å². The van der Waals surface area contributed by atoms with Crippen LogP contribution in [-0.4, -0.2) is 56.9 Å². The third kappa shape index (κ3) is 6.11. The predicted octanol–water partition coefficient (Wildman–Crippen LogP) is 5.34. The van der Waals surface area contributed by atoms with E-state index in [4.69, 9.17) is 9.47 Å². The van der Waals surface area contributed by atoms with Gasteiger partial charge in [0.25, 0.3) is 0 Å². The molecule has 0 bridgehead atoms. The average Bonchev–Trinajstić information content (AvgIpc) is 3.67. The molecule has 1 aliphatic rings. The third-order valence-electron chi connectivity index (χ3n) is 6.98. The largest absolute Gasteiger partial charge is 0.493 e. The average molecular weight is 565 g/mol. The number of sulfonamides is 1. The smallest absolute Gasteiger partial charge is 0.244 e. The summed E-state index contributed by atoms with van der Waals surface area (Å²) in [5, 5.41) is 3.50. The van der Waals surface area contributed by atoms with Crippen LogP contribution in [0.1, 0.15) is 23.3 Å². The lowest BCUT2D eigenvalue weighted by molar-refractivity contribution is -0.132. The topological polar surface area (TPSA) is 76.2 Å². The molecule has 0 N–H and O–H groups in total. The summed E-state index contributed by atoms with van der Waals surface area (Å²) in [4.78, 5) is 16.8. The number of hydrogen-bond donors (Lipinski definition) is 0. The summed E-state index contributed by atoms with van der Waals surface area (Å²) in [5.41, 5.74) is 0.999. The first-order valence-electron chi connectivity index (χ1n) is 12.9. The van der Waals surface area contributed by atoms with Crippen LogP contribution in [0.4, 0.5) is 0 Å². The minimum absolute atomic E-state index is 0.160. The maximum absolute atomic E-state index is 13.9. The van der Waals surface area contributed by atoms with E-state index in [2.05, 4.69) is 0 Å². The fourth-order valence-corrected chi connectivity index (χ4v) is 7.31. The highest BCUT2D eigenvalue weighted by Gasteiger charge is 2.40. The van der Waals surface area contributed by atoms with Gasteiger partial charge in [-0.2, -0.15) is 4.31 Å². The SMILES string of the molecule is COc1ccc(CCN(Cc2cccs2)C(=O)CN(C2CC2)S(=O)(=O)c2cccc3ccccc23)cc1OC. The molecule has 0 spiro atoms. The number of rotatable bonds is 12. The molecule has 0 atom stereocenters. The van der Waals surface area contributed by atoms with Crippen LogP contribution in [0.5, 0.6) is 11.5 Å². The molecule has 0 unspecified atom stereocenters. The number of hydrogen-bond acceptors (Lipinski definition) is 6. The maximum Gasteiger partial charge on any atom is 0.244 e. The van der Waals surface area contributed by atoms with Crippen molar-refractivity contribution in [3.8, 4) is 11.5 Å². The first-order chi connectivity index (χ1) is 18.9. The molecule has 3 aromatic carbocycles. The molecule has 7 nitrogen and oxygen atoms in total. The Morgan fingerprint density at radius 3 is 2.44 bits per heavy atom. The quantitative estimate of drug-likeness (QED) is 0.232. The zero-order valence-corrected chi connectivity index (χ0v) is 23.7. The minimum Gasteiger partial charge on any atom is -0.493 e. The van der Waals surface area contributed by atoms with E-state index in [1.165, 1.54) is 4.31 Å². The van der Waals surface area contributed by atoms with Crippen LogP contribution in [-0.2, 0) is 27.8 Å². The van der Waals surface area contributed by atoms with Crippen molar-refractivity contribution < 1.29 is 22.7 Å². The van der Waals surface area contributed by atoms with Crippen LogP contribution in [0.25, 0.3) is 10.8 Å². The van der Waals surface area contributed by atoms with Gasteiger partial charge in [-0.25, -0.2) is 8.42 Å². The first-order valence-corrected chi connectivity index (χ1v) is 15.2. The Bertz CT molecular complexity index is 1540. The zero-order chi connectivity index (χ0) is 27.4. The zero-order valence-electron chi connectivity index (χ0n) is 22.1. The molecule has 1 aliphatic carbocycles. The van der Waals surface area contributed by atoms with Crippen molar-refractivity contribution in [2.75, 3.05) is 27.3 Å². The van der Waals surface area contributed by atoms with E-state index in [1.54, 1.807) is 42.6 Å². The summed E-state index contributed by atoms with van der Waals surface area (Å²) >= 11 is 1.58. The molecule has 1 aromatic heterocycles. The van der Waals surface area contributed by atoms with Crippen molar-refractivity contribution in [2.45, 2.75) is 36.7 Å². The van der Waals surface area contributed by atoms with Crippen molar-refractivity contribution in [1.82, 2.24) is 9.21 Å². The molecule has 1 saturated carbocycles. The molecule has 0 saturated heterocycles. The van der Waals surface area contributed by atoms with E-state index in [0.29, 0.717) is 36.4 Å². The number of benzene rings is 3. The fraction of sp³-hybridized carbons (Fsp3) is 0.300. The van der Waals surface area contributed by atoms with E-state index < -0.39 is 10.0 Å². The van der Waals surface area contributed by atoms with Gasteiger partial charge in [-0.1, -0.05) is 48.5 Å². The summed E-state index contributed by atoms with van der Waals surface area (Å²) in [6, 6.07) is 22.3. The van der Waals surface area contributed by atoms with Crippen LogP contribution in [0.3, 0.4) is 0 Å². The normalized spacial score (nSPS) is 13.5. The van der Waals surface area contributed by atoms with Crippen molar-refractivity contribution in [1.29, 1.82) is 0 Å². The lowest BCUT2D eigenvalue weighted by Gasteiger charge is -2.27. The number of thiophene rings is 1. The van der Waals surface area contributed by atoms with Crippen LogP contribution in [0.15, 0.2) is 83.1 Å². The molecular formula is C30H32N2O5S2. The monoisotopic (exact) mass is 564 g/mol. The summed E-state index contributed by atoms with van der Waals surface area (Å²) < 4.78 is 40.1. The molecule has 5 rings (SSSR count). The van der Waals surface area contributed by atoms with Gasteiger partial charge >= 0.3 is 0 Å². The number of fused-ring (bicyclic) bond motifs is 1. The fourth-order valence-electron chi connectivity index (χ4n) is 4.74. The molecule has 0 aliphatic heterocycles. The van der Waals surface area contributed by atoms with Crippen molar-refractivity contribution in [3.63, 3.8) is 0 Å². The summed E-state index contributed by atoms with van der Waals surface area (Å²) in [6.07, 6.45) is 2.11. The second-order valence-corrected chi connectivity index (χ2v) is 12.5. The van der Waals surface area contributed by atoms with Gasteiger partial charge < -0.3 is 14.4 Å². The second-order valence-electron chi connectivity index (χ2n) is 9.59. The Kier molecular flexibility index (Phi) is 8.20. The van der Waals surface area contributed by atoms with Crippen LogP contribution >= 0.6 is 11.3 Å². The standard InChI is InChI=1S/C30H32N2O5S2/c1-36-27-15-12-22(19-28(27)37-2)16-17-31(20-25-9-6-18-38-25)30(33)21-32(24-13-14-24)39(34,35)29-11-5-8-23-7-3-4-10-26(23)29/h3-12,15,18-19,24H,13-14,16-17,20-21H2,1-2H3. The van der Waals surface area contributed by atoms with Gasteiger partial charge in [-0.05, 0) is 59.9 Å². The third-order valence-corrected chi connectivity index (χ3v) is 9.80. The summed E-state index contributed by atoms with van der Waals surface area (Å²) in [6.45, 7) is 0.684. The second kappa shape index (κ2) is 11.8. The van der Waals surface area contributed by atoms with Gasteiger partial charge in [0.05, 0.1) is 32.2 Å². The molecular weight excluding hydrogens is 532 g/mol. The highest BCUT2D eigenvalue weighted by molar-refractivity contribution is 7.89. The molecule has 39 heavy (non-hydrogen) atoms. The minimum atomic E-state index is -3.88. The van der Waals surface area contributed by atoms with Gasteiger partial charge in [0.15, 0.2) is 11.5 Å². The Balaban J connectivity index is 1.39. The Hall–Kier alpha value is -3.40. The lowest BCUT2D eigenvalue weighted by atomic mass is 10.1. The van der Waals surface area contributed by atoms with Gasteiger partial charge in [0.2, 0.25) is 15.9 Å². The predicted molar refractivity (Wildman–Crippen MR) is 154 cm³/mol. The molecule has 0 radical (unpaired) electrons. The van der Waals surface area contributed by atoms with Crippen molar-refractivity contribution in [2.24, 2.45) is 0 Å². The van der Waals surface area contributed by atoms with Gasteiger partial charge in [0, 0.05) is 22.8 Å². The lowest BCUT2D eigenvalue weighted by Crippen LogP contribution is -2.44. The number of ether oxygens (including phenoxy) is 2. The molecule has 204 valence electrons. The van der Waals surface area contributed by atoms with Crippen LogP contribution < -0.4 is 9.47 Å². The van der Waals surface area contributed by atoms with E-state index >= 15 is 0 Å². The molecule has 1 amide bonds. The van der Waals surface area contributed by atoms with E-state index in [1.807, 2.05) is 66.0 Å². The van der Waals surface area contributed by atoms with Crippen LogP contribution in [0.2, 0.25) is 0 Å². The maximum atomic E-state index is 13.9. The van der Waals surface area contributed by atoms with Crippen molar-refractivity contribution >= 4 is 38.0 Å². The number of amides is 1. The molecule has 4 aromatic rings. The number of carbonyl (C=O) groups is 1. The van der Waals surface area contributed by atoms with E-state index in [9.17, 15) is 13.2 Å². The Morgan fingerprint density at radius 1 is 0.949 bits per heavy atom. The number of methoxy groups -OCH3 is 2. The summed E-state index contributed by atoms with van der Waals surface area (Å²) in [7, 11) is -0.692. The molecule has 1 heterocycles. The van der Waals surface area contributed by atoms with E-state index in [0.717, 1.165) is 28.7 Å². The van der Waals surface area contributed by atoms with E-state index in [-0.39, 0.29) is 23.4 Å². The number of nitrogens with zero attached hydrogens (tertiary/aromatic N) is 2. The number of carbonyl (C=O) groups excluding carboxylic acids is 1. The van der Waals surface area contributed by atoms with Gasteiger partial charge in [0.1, 0.15) is 0 Å². The molecule has 1 fully saturated rings. The van der Waals surface area contributed by atoms with Crippen molar-refractivity contribution in [3.05, 3.63) is 88.6 Å². The Labute approximate surface area is 233 Å². The van der Waals surface area contributed by atoms with Gasteiger partial charge in [-0.15, -0.1) is 11.3 Å². The summed E-state index contributed by atoms with van der Waals surface area (Å²) in [5.74, 6) is 1.07. The first kappa shape index (κ1) is 27.2. The Morgan fingerprint density at radius 2 is 1.72 bits per heavy atom.